The lowest BCUT2D eigenvalue weighted by Crippen LogP contribution is -2.44. The van der Waals surface area contributed by atoms with Gasteiger partial charge in [-0.25, -0.2) is 0 Å². The summed E-state index contributed by atoms with van der Waals surface area (Å²) >= 11 is 0. The lowest BCUT2D eigenvalue weighted by molar-refractivity contribution is -0.547. The van der Waals surface area contributed by atoms with Crippen molar-refractivity contribution in [3.8, 4) is 5.75 Å². The quantitative estimate of drug-likeness (QED) is 0.510. The summed E-state index contributed by atoms with van der Waals surface area (Å²) in [7, 11) is 1.54. The van der Waals surface area contributed by atoms with Crippen LogP contribution in [-0.2, 0) is 0 Å². The van der Waals surface area contributed by atoms with E-state index in [0.29, 0.717) is 30.6 Å². The van der Waals surface area contributed by atoms with Gasteiger partial charge in [0.2, 0.25) is 6.04 Å². The number of nitrogens with zero attached hydrogens (tertiary/aromatic N) is 1. The number of hydrogen-bond acceptors (Lipinski definition) is 5. The van der Waals surface area contributed by atoms with Gasteiger partial charge in [0.15, 0.2) is 5.78 Å². The van der Waals surface area contributed by atoms with Gasteiger partial charge < -0.3 is 9.84 Å². The molecule has 0 aromatic heterocycles. The molecule has 0 aliphatic heterocycles. The van der Waals surface area contributed by atoms with Crippen LogP contribution in [0, 0.1) is 16.0 Å². The van der Waals surface area contributed by atoms with Gasteiger partial charge in [-0.15, -0.1) is 0 Å². The van der Waals surface area contributed by atoms with Crippen molar-refractivity contribution in [1.29, 1.82) is 0 Å². The minimum atomic E-state index is -1.04. The third kappa shape index (κ3) is 3.58. The van der Waals surface area contributed by atoms with E-state index in [1.54, 1.807) is 31.4 Å². The van der Waals surface area contributed by atoms with Gasteiger partial charge in [-0.2, -0.15) is 0 Å². The smallest absolute Gasteiger partial charge is 0.241 e. The number of rotatable bonds is 5. The van der Waals surface area contributed by atoms with E-state index in [-0.39, 0.29) is 12.2 Å². The Morgan fingerprint density at radius 1 is 1.38 bits per heavy atom. The molecule has 6 heteroatoms. The lowest BCUT2D eigenvalue weighted by atomic mass is 9.79. The molecule has 0 radical (unpaired) electrons. The zero-order valence-corrected chi connectivity index (χ0v) is 11.9. The highest BCUT2D eigenvalue weighted by molar-refractivity contribution is 5.96. The highest BCUT2D eigenvalue weighted by atomic mass is 16.6. The lowest BCUT2D eigenvalue weighted by Gasteiger charge is -2.28. The molecule has 1 aromatic rings. The molecule has 1 N–H and O–H groups in total. The van der Waals surface area contributed by atoms with E-state index in [1.807, 2.05) is 0 Å². The van der Waals surface area contributed by atoms with E-state index >= 15 is 0 Å². The molecule has 0 amide bonds. The van der Waals surface area contributed by atoms with Crippen LogP contribution in [0.1, 0.15) is 36.0 Å². The Hall–Kier alpha value is -1.95. The molecule has 0 heterocycles. The molecule has 3 unspecified atom stereocenters. The van der Waals surface area contributed by atoms with Crippen LogP contribution in [0.2, 0.25) is 0 Å². The predicted octanol–water partition coefficient (Wildman–Crippen LogP) is 2.07. The first-order valence-corrected chi connectivity index (χ1v) is 7.01. The Labute approximate surface area is 122 Å². The van der Waals surface area contributed by atoms with Crippen LogP contribution >= 0.6 is 0 Å². The Bertz CT molecular complexity index is 513. The van der Waals surface area contributed by atoms with Gasteiger partial charge in [0.1, 0.15) is 11.9 Å². The van der Waals surface area contributed by atoms with Crippen molar-refractivity contribution >= 4 is 5.78 Å². The summed E-state index contributed by atoms with van der Waals surface area (Å²) < 4.78 is 5.03. The second kappa shape index (κ2) is 6.67. The number of aliphatic hydroxyl groups is 1. The minimum Gasteiger partial charge on any atom is -0.497 e. The molecule has 1 aliphatic carbocycles. The van der Waals surface area contributed by atoms with E-state index in [2.05, 4.69) is 0 Å². The molecule has 3 atom stereocenters. The fourth-order valence-corrected chi connectivity index (χ4v) is 2.91. The summed E-state index contributed by atoms with van der Waals surface area (Å²) in [5.41, 5.74) is 0.512. The van der Waals surface area contributed by atoms with Crippen LogP contribution in [0.15, 0.2) is 24.3 Å². The first kappa shape index (κ1) is 15.4. The number of nitro groups is 1. The van der Waals surface area contributed by atoms with E-state index in [4.69, 9.17) is 4.74 Å². The SMILES string of the molecule is COc1ccc(C(=O)CC2CCCC(O)C2[N+](=O)[O-])cc1. The molecular weight excluding hydrogens is 274 g/mol. The fraction of sp³-hybridized carbons (Fsp3) is 0.533. The highest BCUT2D eigenvalue weighted by Crippen LogP contribution is 2.30. The number of benzene rings is 1. The average Bonchev–Trinajstić information content (AvgIpc) is 2.47. The summed E-state index contributed by atoms with van der Waals surface area (Å²) in [5, 5.41) is 20.9. The van der Waals surface area contributed by atoms with Crippen molar-refractivity contribution in [2.24, 2.45) is 5.92 Å². The number of aliphatic hydroxyl groups excluding tert-OH is 1. The van der Waals surface area contributed by atoms with Crippen LogP contribution < -0.4 is 4.74 Å². The Morgan fingerprint density at radius 3 is 2.62 bits per heavy atom. The van der Waals surface area contributed by atoms with Gasteiger partial charge in [0, 0.05) is 22.8 Å². The molecule has 1 aliphatic rings. The van der Waals surface area contributed by atoms with Gasteiger partial charge in [-0.1, -0.05) is 6.42 Å². The van der Waals surface area contributed by atoms with Crippen molar-refractivity contribution < 1.29 is 19.6 Å². The van der Waals surface area contributed by atoms with Crippen LogP contribution in [0.5, 0.6) is 5.75 Å². The van der Waals surface area contributed by atoms with Gasteiger partial charge in [0.25, 0.3) is 0 Å². The summed E-state index contributed by atoms with van der Waals surface area (Å²) in [4.78, 5) is 22.9. The third-order valence-electron chi connectivity index (χ3n) is 4.06. The van der Waals surface area contributed by atoms with Crippen molar-refractivity contribution in [3.05, 3.63) is 39.9 Å². The highest BCUT2D eigenvalue weighted by Gasteiger charge is 2.41. The Balaban J connectivity index is 2.07. The van der Waals surface area contributed by atoms with Gasteiger partial charge >= 0.3 is 0 Å². The Kier molecular flexibility index (Phi) is 4.90. The summed E-state index contributed by atoms with van der Waals surface area (Å²) in [5.74, 6) is 0.116. The van der Waals surface area contributed by atoms with Crippen molar-refractivity contribution in [2.75, 3.05) is 7.11 Å². The average molecular weight is 293 g/mol. The number of carbonyl (C=O) groups excluding carboxylic acids is 1. The van der Waals surface area contributed by atoms with E-state index in [0.717, 1.165) is 0 Å². The third-order valence-corrected chi connectivity index (χ3v) is 4.06. The minimum absolute atomic E-state index is 0.0923. The van der Waals surface area contributed by atoms with Crippen LogP contribution in [0.3, 0.4) is 0 Å². The molecule has 1 fully saturated rings. The molecule has 21 heavy (non-hydrogen) atoms. The molecular formula is C15H19NO5. The monoisotopic (exact) mass is 293 g/mol. The van der Waals surface area contributed by atoms with Crippen LogP contribution in [-0.4, -0.2) is 35.1 Å². The first-order chi connectivity index (χ1) is 10.0. The number of ether oxygens (including phenoxy) is 1. The second-order valence-corrected chi connectivity index (χ2v) is 5.39. The van der Waals surface area contributed by atoms with Crippen LogP contribution in [0.4, 0.5) is 0 Å². The fourth-order valence-electron chi connectivity index (χ4n) is 2.91. The van der Waals surface area contributed by atoms with Gasteiger partial charge in [0.05, 0.1) is 7.11 Å². The maximum absolute atomic E-state index is 12.2. The molecule has 0 saturated heterocycles. The Morgan fingerprint density at radius 2 is 2.05 bits per heavy atom. The standard InChI is InChI=1S/C15H19NO5/c1-21-12-7-5-10(6-8-12)14(18)9-11-3-2-4-13(17)15(11)16(19)20/h5-8,11,13,15,17H,2-4,9H2,1H3. The number of methoxy groups -OCH3 is 1. The second-order valence-electron chi connectivity index (χ2n) is 5.39. The van der Waals surface area contributed by atoms with Crippen LogP contribution in [0.25, 0.3) is 0 Å². The summed E-state index contributed by atoms with van der Waals surface area (Å²) in [6.07, 6.45) is 0.882. The molecule has 0 bridgehead atoms. The van der Waals surface area contributed by atoms with E-state index in [1.165, 1.54) is 0 Å². The van der Waals surface area contributed by atoms with Crippen molar-refractivity contribution in [1.82, 2.24) is 0 Å². The zero-order valence-electron chi connectivity index (χ0n) is 11.9. The van der Waals surface area contributed by atoms with Gasteiger partial charge in [-0.05, 0) is 37.1 Å². The molecule has 2 rings (SSSR count). The molecule has 1 aromatic carbocycles. The van der Waals surface area contributed by atoms with Crippen molar-refractivity contribution in [2.45, 2.75) is 37.8 Å². The van der Waals surface area contributed by atoms with Crippen molar-refractivity contribution in [3.63, 3.8) is 0 Å². The maximum atomic E-state index is 12.2. The number of hydrogen-bond donors (Lipinski definition) is 1. The normalized spacial score (nSPS) is 25.3. The molecule has 0 spiro atoms. The summed E-state index contributed by atoms with van der Waals surface area (Å²) in [6, 6.07) is 5.64. The molecule has 6 nitrogen and oxygen atoms in total. The summed E-state index contributed by atoms with van der Waals surface area (Å²) in [6.45, 7) is 0. The molecule has 114 valence electrons. The topological polar surface area (TPSA) is 89.7 Å². The predicted molar refractivity (Wildman–Crippen MR) is 76.1 cm³/mol. The number of ketones is 1. The van der Waals surface area contributed by atoms with Gasteiger partial charge in [-0.3, -0.25) is 14.9 Å². The molecule has 1 saturated carbocycles. The number of carbonyl (C=O) groups is 1. The maximum Gasteiger partial charge on any atom is 0.241 e. The van der Waals surface area contributed by atoms with E-state index < -0.39 is 23.0 Å². The zero-order chi connectivity index (χ0) is 15.4. The first-order valence-electron chi connectivity index (χ1n) is 7.01. The largest absolute Gasteiger partial charge is 0.497 e. The number of Topliss-reactive ketones (excluding diaryl/α,β-unsaturated/α-hetero) is 1. The van der Waals surface area contributed by atoms with E-state index in [9.17, 15) is 20.0 Å².